The van der Waals surface area contributed by atoms with Gasteiger partial charge in [-0.1, -0.05) is 12.1 Å². The Morgan fingerprint density at radius 1 is 1.29 bits per heavy atom. The molecule has 1 atom stereocenters. The molecule has 3 rings (SSSR count). The van der Waals surface area contributed by atoms with Gasteiger partial charge >= 0.3 is 0 Å². The van der Waals surface area contributed by atoms with Gasteiger partial charge in [0.2, 0.25) is 0 Å². The molecule has 2 aromatic carbocycles. The molecule has 0 spiro atoms. The second-order valence-electron chi connectivity index (χ2n) is 5.59. The summed E-state index contributed by atoms with van der Waals surface area (Å²) in [5.74, 6) is 0.351. The highest BCUT2D eigenvalue weighted by Gasteiger charge is 2.17. The van der Waals surface area contributed by atoms with Gasteiger partial charge in [-0.25, -0.2) is 4.98 Å². The number of nitrogens with one attached hydrogen (secondary N) is 2. The molecule has 7 nitrogen and oxygen atoms in total. The van der Waals surface area contributed by atoms with E-state index < -0.39 is 4.92 Å². The first-order chi connectivity index (χ1) is 11.5. The van der Waals surface area contributed by atoms with Crippen LogP contribution in [0.2, 0.25) is 0 Å². The minimum Gasteiger partial charge on any atom is -0.342 e. The Kier molecular flexibility index (Phi) is 3.99. The van der Waals surface area contributed by atoms with Crippen LogP contribution in [0.1, 0.15) is 34.7 Å². The average molecular weight is 324 g/mol. The van der Waals surface area contributed by atoms with Crippen molar-refractivity contribution >= 4 is 22.6 Å². The number of amides is 1. The number of hydrogen-bond acceptors (Lipinski definition) is 4. The molecule has 0 aliphatic carbocycles. The highest BCUT2D eigenvalue weighted by atomic mass is 16.6. The third-order valence-corrected chi connectivity index (χ3v) is 3.82. The number of carbonyl (C=O) groups excluding carboxylic acids is 1. The van der Waals surface area contributed by atoms with E-state index in [9.17, 15) is 14.9 Å². The number of aryl methyl sites for hydroxylation is 1. The Bertz CT molecular complexity index is 899. The van der Waals surface area contributed by atoms with E-state index in [4.69, 9.17) is 0 Å². The zero-order valence-corrected chi connectivity index (χ0v) is 13.2. The van der Waals surface area contributed by atoms with Crippen LogP contribution >= 0.6 is 0 Å². The predicted octanol–water partition coefficient (Wildman–Crippen LogP) is 3.27. The Balaban J connectivity index is 1.78. The maximum atomic E-state index is 12.4. The second kappa shape index (κ2) is 6.11. The number of H-pyrrole nitrogens is 1. The molecule has 0 bridgehead atoms. The number of aromatic nitrogens is 2. The Hall–Kier alpha value is -3.22. The summed E-state index contributed by atoms with van der Waals surface area (Å²) in [4.78, 5) is 30.4. The number of rotatable bonds is 4. The largest absolute Gasteiger partial charge is 0.342 e. The molecule has 122 valence electrons. The van der Waals surface area contributed by atoms with Gasteiger partial charge in [0.25, 0.3) is 11.6 Å². The SMILES string of the molecule is Cc1cc(C(=O)NC(C)c2nc3ccccc3[nH]2)ccc1[N+](=O)[O-]. The molecule has 24 heavy (non-hydrogen) atoms. The smallest absolute Gasteiger partial charge is 0.272 e. The molecule has 1 amide bonds. The molecular weight excluding hydrogens is 308 g/mol. The zero-order valence-electron chi connectivity index (χ0n) is 13.2. The number of hydrogen-bond donors (Lipinski definition) is 2. The molecule has 0 radical (unpaired) electrons. The number of nitrogens with zero attached hydrogens (tertiary/aromatic N) is 2. The van der Waals surface area contributed by atoms with Crippen LogP contribution < -0.4 is 5.32 Å². The number of aromatic amines is 1. The number of nitro groups is 1. The average Bonchev–Trinajstić information content (AvgIpc) is 2.98. The summed E-state index contributed by atoms with van der Waals surface area (Å²) in [7, 11) is 0. The molecule has 1 aromatic heterocycles. The highest BCUT2D eigenvalue weighted by molar-refractivity contribution is 5.95. The van der Waals surface area contributed by atoms with Crippen LogP contribution in [-0.4, -0.2) is 20.8 Å². The van der Waals surface area contributed by atoms with Crippen molar-refractivity contribution in [1.82, 2.24) is 15.3 Å². The summed E-state index contributed by atoms with van der Waals surface area (Å²) in [6.45, 7) is 3.44. The lowest BCUT2D eigenvalue weighted by Crippen LogP contribution is -2.27. The number of imidazole rings is 1. The van der Waals surface area contributed by atoms with E-state index in [1.54, 1.807) is 6.92 Å². The van der Waals surface area contributed by atoms with E-state index in [0.29, 0.717) is 17.0 Å². The maximum absolute atomic E-state index is 12.4. The first-order valence-electron chi connectivity index (χ1n) is 7.46. The number of nitro benzene ring substituents is 1. The zero-order chi connectivity index (χ0) is 17.3. The summed E-state index contributed by atoms with van der Waals surface area (Å²) in [6, 6.07) is 11.6. The van der Waals surface area contributed by atoms with Gasteiger partial charge in [0.1, 0.15) is 5.82 Å². The Morgan fingerprint density at radius 2 is 2.04 bits per heavy atom. The van der Waals surface area contributed by atoms with Crippen LogP contribution in [0.5, 0.6) is 0 Å². The van der Waals surface area contributed by atoms with Gasteiger partial charge in [-0.15, -0.1) is 0 Å². The van der Waals surface area contributed by atoms with E-state index in [2.05, 4.69) is 15.3 Å². The van der Waals surface area contributed by atoms with Crippen molar-refractivity contribution in [3.63, 3.8) is 0 Å². The van der Waals surface area contributed by atoms with Gasteiger partial charge < -0.3 is 10.3 Å². The summed E-state index contributed by atoms with van der Waals surface area (Å²) in [5, 5.41) is 13.7. The van der Waals surface area contributed by atoms with Crippen LogP contribution in [0, 0.1) is 17.0 Å². The second-order valence-corrected chi connectivity index (χ2v) is 5.59. The third-order valence-electron chi connectivity index (χ3n) is 3.82. The lowest BCUT2D eigenvalue weighted by molar-refractivity contribution is -0.385. The fourth-order valence-electron chi connectivity index (χ4n) is 2.53. The van der Waals surface area contributed by atoms with Crippen molar-refractivity contribution < 1.29 is 9.72 Å². The van der Waals surface area contributed by atoms with Crippen LogP contribution in [0.25, 0.3) is 11.0 Å². The van der Waals surface area contributed by atoms with Crippen LogP contribution in [0.4, 0.5) is 5.69 Å². The molecule has 0 aliphatic heterocycles. The van der Waals surface area contributed by atoms with Crippen molar-refractivity contribution in [2.45, 2.75) is 19.9 Å². The number of carbonyl (C=O) groups is 1. The monoisotopic (exact) mass is 324 g/mol. The molecule has 0 fully saturated rings. The fraction of sp³-hybridized carbons (Fsp3) is 0.176. The maximum Gasteiger partial charge on any atom is 0.272 e. The van der Waals surface area contributed by atoms with Crippen LogP contribution in [0.3, 0.4) is 0 Å². The molecule has 1 unspecified atom stereocenters. The van der Waals surface area contributed by atoms with E-state index in [0.717, 1.165) is 11.0 Å². The molecule has 2 N–H and O–H groups in total. The normalized spacial score (nSPS) is 12.1. The number of para-hydroxylation sites is 2. The Morgan fingerprint density at radius 3 is 2.71 bits per heavy atom. The highest BCUT2D eigenvalue weighted by Crippen LogP contribution is 2.20. The molecule has 0 saturated heterocycles. The van der Waals surface area contributed by atoms with Gasteiger partial charge in [0, 0.05) is 17.2 Å². The number of fused-ring (bicyclic) bond motifs is 1. The molecular formula is C17H16N4O3. The molecule has 1 heterocycles. The predicted molar refractivity (Wildman–Crippen MR) is 89.8 cm³/mol. The van der Waals surface area contributed by atoms with Gasteiger partial charge in [-0.3, -0.25) is 14.9 Å². The first kappa shape index (κ1) is 15.7. The topological polar surface area (TPSA) is 101 Å². The van der Waals surface area contributed by atoms with Gasteiger partial charge in [0.05, 0.1) is 22.0 Å². The van der Waals surface area contributed by atoms with Crippen molar-refractivity contribution in [2.75, 3.05) is 0 Å². The van der Waals surface area contributed by atoms with E-state index >= 15 is 0 Å². The molecule has 7 heteroatoms. The molecule has 0 saturated carbocycles. The summed E-state index contributed by atoms with van der Waals surface area (Å²) >= 11 is 0. The van der Waals surface area contributed by atoms with E-state index in [-0.39, 0.29) is 17.6 Å². The van der Waals surface area contributed by atoms with E-state index in [1.807, 2.05) is 31.2 Å². The summed E-state index contributed by atoms with van der Waals surface area (Å²) < 4.78 is 0. The van der Waals surface area contributed by atoms with Crippen molar-refractivity contribution in [3.05, 3.63) is 69.5 Å². The van der Waals surface area contributed by atoms with Crippen molar-refractivity contribution in [2.24, 2.45) is 0 Å². The number of benzene rings is 2. The standard InChI is InChI=1S/C17H16N4O3/c1-10-9-12(7-8-15(10)21(23)24)17(22)18-11(2)16-19-13-5-3-4-6-14(13)20-16/h3-9,11H,1-2H3,(H,18,22)(H,19,20). The van der Waals surface area contributed by atoms with Crippen LogP contribution in [-0.2, 0) is 0 Å². The van der Waals surface area contributed by atoms with Crippen molar-refractivity contribution in [3.8, 4) is 0 Å². The minimum absolute atomic E-state index is 0.00289. The van der Waals surface area contributed by atoms with Gasteiger partial charge in [-0.2, -0.15) is 0 Å². The van der Waals surface area contributed by atoms with Gasteiger partial charge in [0.15, 0.2) is 0 Å². The third kappa shape index (κ3) is 2.96. The van der Waals surface area contributed by atoms with E-state index in [1.165, 1.54) is 18.2 Å². The van der Waals surface area contributed by atoms with Crippen molar-refractivity contribution in [1.29, 1.82) is 0 Å². The quantitative estimate of drug-likeness (QED) is 0.568. The minimum atomic E-state index is -0.464. The lowest BCUT2D eigenvalue weighted by atomic mass is 10.1. The lowest BCUT2D eigenvalue weighted by Gasteiger charge is -2.11. The summed E-state index contributed by atoms with van der Waals surface area (Å²) in [5.41, 5.74) is 2.56. The Labute approximate surface area is 137 Å². The first-order valence-corrected chi connectivity index (χ1v) is 7.46. The van der Waals surface area contributed by atoms with Gasteiger partial charge in [-0.05, 0) is 38.1 Å². The summed E-state index contributed by atoms with van der Waals surface area (Å²) in [6.07, 6.45) is 0. The van der Waals surface area contributed by atoms with Crippen LogP contribution in [0.15, 0.2) is 42.5 Å². The molecule has 3 aromatic rings. The molecule has 0 aliphatic rings. The fourth-order valence-corrected chi connectivity index (χ4v) is 2.53.